The van der Waals surface area contributed by atoms with E-state index in [4.69, 9.17) is 31.8 Å². The molecule has 2 atom stereocenters. The van der Waals surface area contributed by atoms with Gasteiger partial charge < -0.3 is 18.9 Å². The summed E-state index contributed by atoms with van der Waals surface area (Å²) in [4.78, 5) is 24.2. The van der Waals surface area contributed by atoms with Crippen LogP contribution in [0.1, 0.15) is 103 Å². The van der Waals surface area contributed by atoms with Crippen LogP contribution in [0.25, 0.3) is 0 Å². The Kier molecular flexibility index (Phi) is 17.2. The molecule has 0 aliphatic carbocycles. The molecular weight excluding hydrogens is 408 g/mol. The Bertz CT molecular complexity index is 536. The SMILES string of the molecule is C#CCCCCCCCCC(=O)O[C@H]1OCCO[C@@H]1OC(=O)CCCCCCCCC#C. The maximum Gasteiger partial charge on any atom is 0.308 e. The summed E-state index contributed by atoms with van der Waals surface area (Å²) in [6.07, 6.45) is 23.0. The van der Waals surface area contributed by atoms with E-state index in [-0.39, 0.29) is 11.9 Å². The minimum Gasteiger partial charge on any atom is -0.429 e. The van der Waals surface area contributed by atoms with Gasteiger partial charge >= 0.3 is 11.9 Å². The molecule has 6 heteroatoms. The van der Waals surface area contributed by atoms with Crippen LogP contribution in [0, 0.1) is 24.7 Å². The van der Waals surface area contributed by atoms with Gasteiger partial charge in [-0.3, -0.25) is 9.59 Å². The normalized spacial score (nSPS) is 17.8. The van der Waals surface area contributed by atoms with Crippen LogP contribution >= 0.6 is 0 Å². The van der Waals surface area contributed by atoms with Crippen molar-refractivity contribution in [2.75, 3.05) is 13.2 Å². The van der Waals surface area contributed by atoms with Crippen LogP contribution in [0.2, 0.25) is 0 Å². The maximum absolute atomic E-state index is 12.1. The molecule has 1 heterocycles. The molecule has 1 aliphatic heterocycles. The molecule has 0 aromatic heterocycles. The Morgan fingerprint density at radius 1 is 0.625 bits per heavy atom. The van der Waals surface area contributed by atoms with E-state index in [1.54, 1.807) is 0 Å². The van der Waals surface area contributed by atoms with E-state index in [1.165, 1.54) is 0 Å². The Hall–Kier alpha value is -2.02. The lowest BCUT2D eigenvalue weighted by Gasteiger charge is -2.30. The first-order chi connectivity index (χ1) is 15.7. The van der Waals surface area contributed by atoms with E-state index in [0.29, 0.717) is 26.1 Å². The summed E-state index contributed by atoms with van der Waals surface area (Å²) in [5.41, 5.74) is 0. The van der Waals surface area contributed by atoms with Gasteiger partial charge in [0, 0.05) is 25.7 Å². The molecule has 0 amide bonds. The topological polar surface area (TPSA) is 71.1 Å². The summed E-state index contributed by atoms with van der Waals surface area (Å²) in [5, 5.41) is 0. The fraction of sp³-hybridized carbons (Fsp3) is 0.769. The predicted molar refractivity (Wildman–Crippen MR) is 123 cm³/mol. The number of unbranched alkanes of at least 4 members (excludes halogenated alkanes) is 12. The molecule has 32 heavy (non-hydrogen) atoms. The second-order valence-corrected chi connectivity index (χ2v) is 8.11. The molecule has 0 radical (unpaired) electrons. The number of rotatable bonds is 18. The highest BCUT2D eigenvalue weighted by Gasteiger charge is 2.33. The van der Waals surface area contributed by atoms with E-state index in [1.807, 2.05) is 0 Å². The average molecular weight is 449 g/mol. The van der Waals surface area contributed by atoms with Gasteiger partial charge in [-0.25, -0.2) is 0 Å². The lowest BCUT2D eigenvalue weighted by molar-refractivity contribution is -0.302. The van der Waals surface area contributed by atoms with E-state index in [9.17, 15) is 9.59 Å². The molecule has 1 aliphatic rings. The first-order valence-corrected chi connectivity index (χ1v) is 12.2. The standard InChI is InChI=1S/C26H40O6/c1-3-5-7-9-11-13-15-17-19-23(27)31-25-26(30-22-21-29-25)32-24(28)20-18-16-14-12-10-8-6-4-2/h1-2,25-26H,5-22H2/t25-,26-/m1/s1. The van der Waals surface area contributed by atoms with Crippen LogP contribution in [0.5, 0.6) is 0 Å². The molecule has 1 fully saturated rings. The average Bonchev–Trinajstić information content (AvgIpc) is 2.78. The number of hydrogen-bond donors (Lipinski definition) is 0. The lowest BCUT2D eigenvalue weighted by Crippen LogP contribution is -2.44. The zero-order chi connectivity index (χ0) is 23.3. The summed E-state index contributed by atoms with van der Waals surface area (Å²) < 4.78 is 21.6. The molecule has 0 unspecified atom stereocenters. The van der Waals surface area contributed by atoms with Crippen molar-refractivity contribution >= 4 is 11.9 Å². The van der Waals surface area contributed by atoms with Crippen molar-refractivity contribution in [2.45, 2.75) is 115 Å². The van der Waals surface area contributed by atoms with Crippen molar-refractivity contribution in [2.24, 2.45) is 0 Å². The van der Waals surface area contributed by atoms with Crippen molar-refractivity contribution in [1.82, 2.24) is 0 Å². The fourth-order valence-corrected chi connectivity index (χ4v) is 3.45. The summed E-state index contributed by atoms with van der Waals surface area (Å²) in [6, 6.07) is 0. The Labute approximate surface area is 194 Å². The molecule has 0 spiro atoms. The van der Waals surface area contributed by atoms with Gasteiger partial charge in [0.15, 0.2) is 0 Å². The zero-order valence-electron chi connectivity index (χ0n) is 19.5. The molecule has 1 saturated heterocycles. The Balaban J connectivity index is 2.15. The molecular formula is C26H40O6. The number of terminal acetylenes is 2. The van der Waals surface area contributed by atoms with E-state index >= 15 is 0 Å². The number of hydrogen-bond acceptors (Lipinski definition) is 6. The maximum atomic E-state index is 12.1. The van der Waals surface area contributed by atoms with Crippen molar-refractivity contribution < 1.29 is 28.5 Å². The highest BCUT2D eigenvalue weighted by molar-refractivity contribution is 5.70. The summed E-state index contributed by atoms with van der Waals surface area (Å²) in [7, 11) is 0. The number of esters is 2. The van der Waals surface area contributed by atoms with Crippen molar-refractivity contribution in [1.29, 1.82) is 0 Å². The number of carbonyl (C=O) groups is 2. The largest absolute Gasteiger partial charge is 0.429 e. The smallest absolute Gasteiger partial charge is 0.308 e. The third-order valence-electron chi connectivity index (χ3n) is 5.27. The van der Waals surface area contributed by atoms with Crippen LogP contribution in [-0.2, 0) is 28.5 Å². The Morgan fingerprint density at radius 2 is 0.969 bits per heavy atom. The molecule has 180 valence electrons. The van der Waals surface area contributed by atoms with Crippen LogP contribution in [0.15, 0.2) is 0 Å². The first kappa shape index (κ1) is 28.0. The summed E-state index contributed by atoms with van der Waals surface area (Å²) in [5.74, 6) is 4.56. The molecule has 6 nitrogen and oxygen atoms in total. The van der Waals surface area contributed by atoms with Gasteiger partial charge in [0.25, 0.3) is 12.6 Å². The highest BCUT2D eigenvalue weighted by atomic mass is 16.8. The van der Waals surface area contributed by atoms with Gasteiger partial charge in [-0.05, 0) is 25.7 Å². The quantitative estimate of drug-likeness (QED) is 0.161. The monoisotopic (exact) mass is 448 g/mol. The van der Waals surface area contributed by atoms with E-state index in [2.05, 4.69) is 11.8 Å². The van der Waals surface area contributed by atoms with Crippen molar-refractivity contribution in [3.05, 3.63) is 0 Å². The molecule has 0 aromatic rings. The second-order valence-electron chi connectivity index (χ2n) is 8.11. The van der Waals surface area contributed by atoms with E-state index in [0.717, 1.165) is 89.9 Å². The minimum atomic E-state index is -1.000. The van der Waals surface area contributed by atoms with Gasteiger partial charge in [-0.2, -0.15) is 0 Å². The summed E-state index contributed by atoms with van der Waals surface area (Å²) in [6.45, 7) is 0.590. The minimum absolute atomic E-state index is 0.295. The van der Waals surface area contributed by atoms with Crippen molar-refractivity contribution in [3.63, 3.8) is 0 Å². The third kappa shape index (κ3) is 14.9. The zero-order valence-corrected chi connectivity index (χ0v) is 19.5. The van der Waals surface area contributed by atoms with Crippen LogP contribution in [-0.4, -0.2) is 37.7 Å². The van der Waals surface area contributed by atoms with Crippen LogP contribution in [0.4, 0.5) is 0 Å². The van der Waals surface area contributed by atoms with Gasteiger partial charge in [-0.15, -0.1) is 24.7 Å². The second kappa shape index (κ2) is 19.6. The van der Waals surface area contributed by atoms with Gasteiger partial charge in [0.2, 0.25) is 0 Å². The highest BCUT2D eigenvalue weighted by Crippen LogP contribution is 2.17. The number of carbonyl (C=O) groups excluding carboxylic acids is 2. The lowest BCUT2D eigenvalue weighted by atomic mass is 10.1. The predicted octanol–water partition coefficient (Wildman–Crippen LogP) is 5.28. The van der Waals surface area contributed by atoms with Gasteiger partial charge in [0.1, 0.15) is 0 Å². The third-order valence-corrected chi connectivity index (χ3v) is 5.27. The number of ether oxygens (including phenoxy) is 4. The molecule has 1 rings (SSSR count). The molecule has 0 N–H and O–H groups in total. The van der Waals surface area contributed by atoms with Crippen LogP contribution < -0.4 is 0 Å². The van der Waals surface area contributed by atoms with Crippen LogP contribution in [0.3, 0.4) is 0 Å². The van der Waals surface area contributed by atoms with Gasteiger partial charge in [-0.1, -0.05) is 51.4 Å². The summed E-state index contributed by atoms with van der Waals surface area (Å²) >= 11 is 0. The fourth-order valence-electron chi connectivity index (χ4n) is 3.45. The molecule has 0 saturated carbocycles. The van der Waals surface area contributed by atoms with E-state index < -0.39 is 12.6 Å². The van der Waals surface area contributed by atoms with Crippen molar-refractivity contribution in [3.8, 4) is 24.7 Å². The Morgan fingerprint density at radius 3 is 1.34 bits per heavy atom. The van der Waals surface area contributed by atoms with Gasteiger partial charge in [0.05, 0.1) is 13.2 Å². The molecule has 0 bridgehead atoms. The first-order valence-electron chi connectivity index (χ1n) is 12.2. The molecule has 0 aromatic carbocycles.